The molecule has 132 valence electrons. The second kappa shape index (κ2) is 6.42. The summed E-state index contributed by atoms with van der Waals surface area (Å²) >= 11 is 5.94. The van der Waals surface area contributed by atoms with Crippen molar-refractivity contribution in [2.45, 2.75) is 17.0 Å². The van der Waals surface area contributed by atoms with E-state index < -0.39 is 21.4 Å². The minimum absolute atomic E-state index is 0.0425. The molecule has 0 aromatic heterocycles. The Morgan fingerprint density at radius 2 is 1.92 bits per heavy atom. The third kappa shape index (κ3) is 3.55. The molecule has 4 nitrogen and oxygen atoms in total. The molecule has 7 heteroatoms. The number of nitrogens with zero attached hydrogens (tertiary/aromatic N) is 1. The summed E-state index contributed by atoms with van der Waals surface area (Å²) in [6, 6.07) is 12.5. The van der Waals surface area contributed by atoms with E-state index in [1.165, 1.54) is 17.0 Å². The Kier molecular flexibility index (Phi) is 4.60. The maximum Gasteiger partial charge on any atom is 0.255 e. The van der Waals surface area contributed by atoms with E-state index in [0.717, 1.165) is 6.26 Å². The van der Waals surface area contributed by atoms with Gasteiger partial charge in [0.15, 0.2) is 15.5 Å². The molecule has 2 aromatic carbocycles. The van der Waals surface area contributed by atoms with Gasteiger partial charge >= 0.3 is 0 Å². The zero-order valence-corrected chi connectivity index (χ0v) is 15.1. The zero-order chi connectivity index (χ0) is 18.2. The second-order valence-corrected chi connectivity index (χ2v) is 8.64. The predicted molar refractivity (Wildman–Crippen MR) is 94.3 cm³/mol. The van der Waals surface area contributed by atoms with Gasteiger partial charge in [-0.1, -0.05) is 35.9 Å². The Morgan fingerprint density at radius 1 is 1.20 bits per heavy atom. The Morgan fingerprint density at radius 3 is 2.60 bits per heavy atom. The van der Waals surface area contributed by atoms with Gasteiger partial charge < -0.3 is 4.90 Å². The third-order valence-electron chi connectivity index (χ3n) is 4.37. The van der Waals surface area contributed by atoms with Gasteiger partial charge in [0.25, 0.3) is 5.91 Å². The average molecular weight is 382 g/mol. The minimum atomic E-state index is -3.55. The van der Waals surface area contributed by atoms with Crippen LogP contribution in [-0.2, 0) is 15.5 Å². The van der Waals surface area contributed by atoms with E-state index in [1.807, 2.05) is 0 Å². The summed E-state index contributed by atoms with van der Waals surface area (Å²) in [6.07, 6.45) is 1.19. The lowest BCUT2D eigenvalue weighted by Crippen LogP contribution is -2.33. The van der Waals surface area contributed by atoms with Crippen molar-refractivity contribution in [1.29, 1.82) is 0 Å². The molecule has 1 saturated heterocycles. The van der Waals surface area contributed by atoms with Crippen LogP contribution in [-0.4, -0.2) is 38.6 Å². The highest BCUT2D eigenvalue weighted by Gasteiger charge is 2.42. The van der Waals surface area contributed by atoms with Crippen molar-refractivity contribution < 1.29 is 17.6 Å². The number of hydrogen-bond donors (Lipinski definition) is 0. The number of halogens is 2. The van der Waals surface area contributed by atoms with Crippen LogP contribution in [0.3, 0.4) is 0 Å². The van der Waals surface area contributed by atoms with E-state index in [9.17, 15) is 13.2 Å². The highest BCUT2D eigenvalue weighted by atomic mass is 35.5. The summed E-state index contributed by atoms with van der Waals surface area (Å²) in [4.78, 5) is 14.1. The van der Waals surface area contributed by atoms with Crippen LogP contribution in [0.25, 0.3) is 0 Å². The van der Waals surface area contributed by atoms with E-state index in [1.54, 1.807) is 36.4 Å². The molecule has 1 aliphatic heterocycles. The highest BCUT2D eigenvalue weighted by molar-refractivity contribution is 7.90. The molecule has 1 heterocycles. The van der Waals surface area contributed by atoms with Crippen molar-refractivity contribution in [3.05, 3.63) is 64.7 Å². The van der Waals surface area contributed by atoms with Crippen LogP contribution in [0.4, 0.5) is 4.39 Å². The van der Waals surface area contributed by atoms with Gasteiger partial charge in [-0.05, 0) is 29.8 Å². The SMILES string of the molecule is CS(=O)(=O)c1ccccc1C(=O)N1CCC(F)(c2cccc(Cl)c2)C1. The first-order chi connectivity index (χ1) is 11.7. The van der Waals surface area contributed by atoms with Crippen LogP contribution < -0.4 is 0 Å². The lowest BCUT2D eigenvalue weighted by molar-refractivity contribution is 0.0747. The van der Waals surface area contributed by atoms with Gasteiger partial charge in [-0.3, -0.25) is 4.79 Å². The molecule has 0 spiro atoms. The Bertz CT molecular complexity index is 931. The van der Waals surface area contributed by atoms with Crippen molar-refractivity contribution in [2.24, 2.45) is 0 Å². The molecule has 0 saturated carbocycles. The van der Waals surface area contributed by atoms with Crippen LogP contribution >= 0.6 is 11.6 Å². The number of amides is 1. The minimum Gasteiger partial charge on any atom is -0.335 e. The molecular formula is C18H17ClFNO3S. The molecule has 1 atom stereocenters. The second-order valence-electron chi connectivity index (χ2n) is 6.22. The van der Waals surface area contributed by atoms with Gasteiger partial charge in [0, 0.05) is 24.2 Å². The summed E-state index contributed by atoms with van der Waals surface area (Å²) < 4.78 is 39.1. The molecule has 2 aromatic rings. The summed E-state index contributed by atoms with van der Waals surface area (Å²) in [5, 5.41) is 0.432. The first-order valence-corrected chi connectivity index (χ1v) is 10.0. The molecule has 1 amide bonds. The number of carbonyl (C=O) groups is 1. The van der Waals surface area contributed by atoms with Gasteiger partial charge in [-0.25, -0.2) is 12.8 Å². The van der Waals surface area contributed by atoms with E-state index in [4.69, 9.17) is 11.6 Å². The molecule has 25 heavy (non-hydrogen) atoms. The van der Waals surface area contributed by atoms with E-state index in [2.05, 4.69) is 0 Å². The zero-order valence-electron chi connectivity index (χ0n) is 13.6. The van der Waals surface area contributed by atoms with Crippen molar-refractivity contribution in [3.8, 4) is 0 Å². The summed E-state index contributed by atoms with van der Waals surface area (Å²) in [6.45, 7) is 0.0736. The molecule has 0 aliphatic carbocycles. The van der Waals surface area contributed by atoms with Crippen molar-refractivity contribution in [2.75, 3.05) is 19.3 Å². The quantitative estimate of drug-likeness (QED) is 0.818. The maximum atomic E-state index is 15.3. The van der Waals surface area contributed by atoms with E-state index in [0.29, 0.717) is 10.6 Å². The molecule has 0 radical (unpaired) electrons. The molecule has 0 bridgehead atoms. The predicted octanol–water partition coefficient (Wildman–Crippen LogP) is 3.45. The lowest BCUT2D eigenvalue weighted by Gasteiger charge is -2.22. The van der Waals surface area contributed by atoms with E-state index >= 15 is 4.39 Å². The number of hydrogen-bond acceptors (Lipinski definition) is 3. The number of alkyl halides is 1. The normalized spacial score (nSPS) is 20.7. The Labute approximate surface area is 151 Å². The fourth-order valence-corrected chi connectivity index (χ4v) is 4.16. The monoisotopic (exact) mass is 381 g/mol. The molecule has 0 N–H and O–H groups in total. The van der Waals surface area contributed by atoms with Gasteiger partial charge in [-0.15, -0.1) is 0 Å². The molecule has 1 unspecified atom stereocenters. The first kappa shape index (κ1) is 17.9. The average Bonchev–Trinajstić information content (AvgIpc) is 2.97. The molecule has 1 fully saturated rings. The molecule has 1 aliphatic rings. The van der Waals surface area contributed by atoms with Crippen molar-refractivity contribution in [1.82, 2.24) is 4.90 Å². The molecule has 3 rings (SSSR count). The maximum absolute atomic E-state index is 15.3. The van der Waals surface area contributed by atoms with Gasteiger partial charge in [0.1, 0.15) is 0 Å². The number of benzene rings is 2. The van der Waals surface area contributed by atoms with E-state index in [-0.39, 0.29) is 30.0 Å². The van der Waals surface area contributed by atoms with Crippen molar-refractivity contribution >= 4 is 27.3 Å². The van der Waals surface area contributed by atoms with Crippen LogP contribution in [0.15, 0.2) is 53.4 Å². The van der Waals surface area contributed by atoms with Gasteiger partial charge in [0.2, 0.25) is 0 Å². The van der Waals surface area contributed by atoms with Crippen LogP contribution in [0.1, 0.15) is 22.3 Å². The fourth-order valence-electron chi connectivity index (χ4n) is 3.09. The standard InChI is InChI=1S/C18H17ClFNO3S/c1-25(23,24)16-8-3-2-7-15(16)17(22)21-10-9-18(20,12-21)13-5-4-6-14(19)11-13/h2-8,11H,9-10,12H2,1H3. The molecular weight excluding hydrogens is 365 g/mol. The summed E-state index contributed by atoms with van der Waals surface area (Å²) in [7, 11) is -3.55. The largest absolute Gasteiger partial charge is 0.335 e. The summed E-state index contributed by atoms with van der Waals surface area (Å²) in [5.74, 6) is -0.484. The van der Waals surface area contributed by atoms with Crippen LogP contribution in [0, 0.1) is 0 Å². The Hall–Kier alpha value is -1.92. The highest BCUT2D eigenvalue weighted by Crippen LogP contribution is 2.37. The fraction of sp³-hybridized carbons (Fsp3) is 0.278. The number of rotatable bonds is 3. The van der Waals surface area contributed by atoms with Crippen LogP contribution in [0.2, 0.25) is 5.02 Å². The van der Waals surface area contributed by atoms with Crippen LogP contribution in [0.5, 0.6) is 0 Å². The number of carbonyl (C=O) groups excluding carboxylic acids is 1. The topological polar surface area (TPSA) is 54.5 Å². The smallest absolute Gasteiger partial charge is 0.255 e. The van der Waals surface area contributed by atoms with Gasteiger partial charge in [-0.2, -0.15) is 0 Å². The lowest BCUT2D eigenvalue weighted by atomic mass is 9.95. The van der Waals surface area contributed by atoms with Gasteiger partial charge in [0.05, 0.1) is 17.0 Å². The number of sulfone groups is 1. The first-order valence-electron chi connectivity index (χ1n) is 7.74. The number of likely N-dealkylation sites (tertiary alicyclic amines) is 1. The van der Waals surface area contributed by atoms with Crippen molar-refractivity contribution in [3.63, 3.8) is 0 Å². The third-order valence-corrected chi connectivity index (χ3v) is 5.76. The summed E-state index contributed by atoms with van der Waals surface area (Å²) in [5.41, 5.74) is -1.20. The Balaban J connectivity index is 1.89.